The van der Waals surface area contributed by atoms with Crippen molar-refractivity contribution in [1.82, 2.24) is 0 Å². The highest BCUT2D eigenvalue weighted by molar-refractivity contribution is 14.1. The highest BCUT2D eigenvalue weighted by atomic mass is 127. The summed E-state index contributed by atoms with van der Waals surface area (Å²) in [4.78, 5) is 0.0629. The molecular weight excluding hydrogens is 438 g/mol. The SMILES string of the molecule is COc1ccc(Cl)cc1C(Br)c1cccc(C)c1I. The monoisotopic (exact) mass is 450 g/mol. The number of benzene rings is 2. The maximum Gasteiger partial charge on any atom is 0.123 e. The zero-order valence-corrected chi connectivity index (χ0v) is 15.1. The number of halogens is 3. The molecular formula is C15H13BrClIO. The molecule has 0 amide bonds. The minimum absolute atomic E-state index is 0.0629. The lowest BCUT2D eigenvalue weighted by Crippen LogP contribution is -2.00. The van der Waals surface area contributed by atoms with Crippen molar-refractivity contribution in [2.45, 2.75) is 11.8 Å². The summed E-state index contributed by atoms with van der Waals surface area (Å²) in [6, 6.07) is 12.0. The Bertz CT molecular complexity index is 601. The van der Waals surface area contributed by atoms with Gasteiger partial charge in [0.1, 0.15) is 5.75 Å². The van der Waals surface area contributed by atoms with Gasteiger partial charge in [-0.1, -0.05) is 45.7 Å². The largest absolute Gasteiger partial charge is 0.496 e. The summed E-state index contributed by atoms with van der Waals surface area (Å²) in [5, 5.41) is 0.711. The maximum absolute atomic E-state index is 6.10. The second-order valence-corrected chi connectivity index (χ2v) is 6.66. The molecule has 100 valence electrons. The molecule has 0 saturated heterocycles. The van der Waals surface area contributed by atoms with Gasteiger partial charge in [-0.15, -0.1) is 0 Å². The van der Waals surface area contributed by atoms with E-state index in [2.05, 4.69) is 63.6 Å². The van der Waals surface area contributed by atoms with Gasteiger partial charge in [0.05, 0.1) is 11.9 Å². The van der Waals surface area contributed by atoms with Crippen LogP contribution in [0.3, 0.4) is 0 Å². The Balaban J connectivity index is 2.52. The van der Waals surface area contributed by atoms with Crippen molar-refractivity contribution >= 4 is 50.1 Å². The fourth-order valence-electron chi connectivity index (χ4n) is 1.94. The van der Waals surface area contributed by atoms with E-state index in [1.807, 2.05) is 18.2 Å². The second kappa shape index (κ2) is 6.46. The Morgan fingerprint density at radius 3 is 2.63 bits per heavy atom. The van der Waals surface area contributed by atoms with Gasteiger partial charge in [-0.25, -0.2) is 0 Å². The molecule has 0 aromatic heterocycles. The number of ether oxygens (including phenoxy) is 1. The number of hydrogen-bond acceptors (Lipinski definition) is 1. The van der Waals surface area contributed by atoms with Gasteiger partial charge in [-0.3, -0.25) is 0 Å². The van der Waals surface area contributed by atoms with E-state index >= 15 is 0 Å². The quantitative estimate of drug-likeness (QED) is 0.427. The third-order valence-corrected chi connectivity index (χ3v) is 5.65. The predicted molar refractivity (Wildman–Crippen MR) is 92.7 cm³/mol. The molecule has 1 nitrogen and oxygen atoms in total. The van der Waals surface area contributed by atoms with E-state index in [4.69, 9.17) is 16.3 Å². The molecule has 0 spiro atoms. The van der Waals surface area contributed by atoms with Gasteiger partial charge in [0, 0.05) is 14.2 Å². The van der Waals surface area contributed by atoms with Crippen LogP contribution >= 0.6 is 50.1 Å². The summed E-state index contributed by atoms with van der Waals surface area (Å²) >= 11 is 12.2. The number of aryl methyl sites for hydroxylation is 1. The third kappa shape index (κ3) is 3.26. The highest BCUT2D eigenvalue weighted by Crippen LogP contribution is 2.40. The van der Waals surface area contributed by atoms with E-state index < -0.39 is 0 Å². The lowest BCUT2D eigenvalue weighted by Gasteiger charge is -2.17. The first kappa shape index (κ1) is 15.1. The summed E-state index contributed by atoms with van der Waals surface area (Å²) in [7, 11) is 1.67. The first-order valence-corrected chi connectivity index (χ1v) is 8.14. The van der Waals surface area contributed by atoms with Gasteiger partial charge in [0.2, 0.25) is 0 Å². The van der Waals surface area contributed by atoms with Crippen LogP contribution in [0.2, 0.25) is 5.02 Å². The van der Waals surface area contributed by atoms with Crippen LogP contribution in [0.5, 0.6) is 5.75 Å². The average molecular weight is 452 g/mol. The van der Waals surface area contributed by atoms with Crippen molar-refractivity contribution in [3.63, 3.8) is 0 Å². The van der Waals surface area contributed by atoms with Crippen LogP contribution in [-0.4, -0.2) is 7.11 Å². The van der Waals surface area contributed by atoms with Crippen LogP contribution in [0.25, 0.3) is 0 Å². The normalized spacial score (nSPS) is 12.3. The molecule has 2 aromatic carbocycles. The van der Waals surface area contributed by atoms with Gasteiger partial charge >= 0.3 is 0 Å². The van der Waals surface area contributed by atoms with Crippen LogP contribution in [0.1, 0.15) is 21.5 Å². The molecule has 4 heteroatoms. The van der Waals surface area contributed by atoms with E-state index in [-0.39, 0.29) is 4.83 Å². The molecule has 19 heavy (non-hydrogen) atoms. The molecule has 1 atom stereocenters. The topological polar surface area (TPSA) is 9.23 Å². The summed E-state index contributed by atoms with van der Waals surface area (Å²) in [5.41, 5.74) is 3.53. The Morgan fingerprint density at radius 1 is 1.21 bits per heavy atom. The zero-order valence-electron chi connectivity index (χ0n) is 10.6. The fourth-order valence-corrected chi connectivity index (χ4v) is 3.96. The Kier molecular flexibility index (Phi) is 5.15. The molecule has 0 heterocycles. The number of methoxy groups -OCH3 is 1. The Hall–Kier alpha value is -0.260. The van der Waals surface area contributed by atoms with Crippen molar-refractivity contribution in [3.05, 3.63) is 61.7 Å². The van der Waals surface area contributed by atoms with Crippen LogP contribution in [0.15, 0.2) is 36.4 Å². The molecule has 0 aliphatic carbocycles. The van der Waals surface area contributed by atoms with Gasteiger partial charge in [0.25, 0.3) is 0 Å². The van der Waals surface area contributed by atoms with Crippen LogP contribution in [-0.2, 0) is 0 Å². The van der Waals surface area contributed by atoms with E-state index in [0.29, 0.717) is 5.02 Å². The molecule has 0 fully saturated rings. The summed E-state index contributed by atoms with van der Waals surface area (Å²) in [6.07, 6.45) is 0. The molecule has 0 radical (unpaired) electrons. The minimum atomic E-state index is 0.0629. The zero-order chi connectivity index (χ0) is 14.0. The standard InChI is InChI=1S/C15H13BrClIO/c1-9-4-3-5-11(15(9)18)14(16)12-8-10(17)6-7-13(12)19-2/h3-8,14H,1-2H3. The molecule has 2 aromatic rings. The van der Waals surface area contributed by atoms with E-state index in [1.165, 1.54) is 14.7 Å². The average Bonchev–Trinajstić information content (AvgIpc) is 2.41. The smallest absolute Gasteiger partial charge is 0.123 e. The molecule has 1 unspecified atom stereocenters. The van der Waals surface area contributed by atoms with Gasteiger partial charge in [-0.05, 0) is 58.8 Å². The summed E-state index contributed by atoms with van der Waals surface area (Å²) in [5.74, 6) is 0.837. The summed E-state index contributed by atoms with van der Waals surface area (Å²) in [6.45, 7) is 2.11. The number of alkyl halides is 1. The second-order valence-electron chi connectivity index (χ2n) is 4.23. The molecule has 0 saturated carbocycles. The molecule has 2 rings (SSSR count). The first-order chi connectivity index (χ1) is 9.04. The highest BCUT2D eigenvalue weighted by Gasteiger charge is 2.18. The lowest BCUT2D eigenvalue weighted by molar-refractivity contribution is 0.410. The molecule has 0 bridgehead atoms. The van der Waals surface area contributed by atoms with Gasteiger partial charge in [0.15, 0.2) is 0 Å². The third-order valence-electron chi connectivity index (χ3n) is 2.96. The lowest BCUT2D eigenvalue weighted by atomic mass is 10.0. The van der Waals surface area contributed by atoms with Crippen molar-refractivity contribution in [2.75, 3.05) is 7.11 Å². The van der Waals surface area contributed by atoms with E-state index in [0.717, 1.165) is 11.3 Å². The van der Waals surface area contributed by atoms with E-state index in [9.17, 15) is 0 Å². The predicted octanol–water partition coefficient (Wildman–Crippen LogP) is 5.75. The van der Waals surface area contributed by atoms with Crippen LogP contribution < -0.4 is 4.74 Å². The van der Waals surface area contributed by atoms with Gasteiger partial charge in [-0.2, -0.15) is 0 Å². The van der Waals surface area contributed by atoms with Gasteiger partial charge < -0.3 is 4.74 Å². The summed E-state index contributed by atoms with van der Waals surface area (Å²) < 4.78 is 6.68. The van der Waals surface area contributed by atoms with E-state index in [1.54, 1.807) is 7.11 Å². The molecule has 0 aliphatic rings. The van der Waals surface area contributed by atoms with Crippen molar-refractivity contribution in [2.24, 2.45) is 0 Å². The van der Waals surface area contributed by atoms with Crippen LogP contribution in [0.4, 0.5) is 0 Å². The van der Waals surface area contributed by atoms with Crippen molar-refractivity contribution in [3.8, 4) is 5.75 Å². The Labute approximate surface area is 140 Å². The van der Waals surface area contributed by atoms with Crippen molar-refractivity contribution in [1.29, 1.82) is 0 Å². The van der Waals surface area contributed by atoms with Crippen LogP contribution in [0, 0.1) is 10.5 Å². The molecule has 0 aliphatic heterocycles. The Morgan fingerprint density at radius 2 is 1.95 bits per heavy atom. The first-order valence-electron chi connectivity index (χ1n) is 5.77. The minimum Gasteiger partial charge on any atom is -0.496 e. The number of hydrogen-bond donors (Lipinski definition) is 0. The maximum atomic E-state index is 6.10. The number of rotatable bonds is 3. The fraction of sp³-hybridized carbons (Fsp3) is 0.200. The van der Waals surface area contributed by atoms with Crippen molar-refractivity contribution < 1.29 is 4.74 Å². The molecule has 0 N–H and O–H groups in total.